The van der Waals surface area contributed by atoms with Gasteiger partial charge in [-0.3, -0.25) is 19.1 Å². The minimum absolute atomic E-state index is 0.0472. The molecule has 15 heteroatoms. The number of hydrogen-bond acceptors (Lipinski definition) is 11. The van der Waals surface area contributed by atoms with E-state index < -0.39 is 62.1 Å². The lowest BCUT2D eigenvalue weighted by Crippen LogP contribution is -2.46. The fourth-order valence-corrected chi connectivity index (χ4v) is 5.60. The molecular weight excluding hydrogens is 545 g/mol. The normalized spacial score (nSPS) is 24.9. The molecule has 1 saturated heterocycles. The van der Waals surface area contributed by atoms with Crippen LogP contribution in [0.3, 0.4) is 0 Å². The number of hydrogen-bond donors (Lipinski definition) is 5. The third-order valence-corrected chi connectivity index (χ3v) is 7.65. The first kappa shape index (κ1) is 29.3. The van der Waals surface area contributed by atoms with Crippen LogP contribution in [0, 0.1) is 12.3 Å². The number of carbonyl (C=O) groups excluding carboxylic acids is 1. The first-order chi connectivity index (χ1) is 18.9. The smallest absolute Gasteiger partial charge is 0.459 e. The molecule has 2 aromatic heterocycles. The minimum Gasteiger partial charge on any atom is -0.462 e. The predicted molar refractivity (Wildman–Crippen MR) is 143 cm³/mol. The molecule has 0 spiro atoms. The van der Waals surface area contributed by atoms with Gasteiger partial charge in [-0.15, -0.1) is 6.42 Å². The molecule has 6 N–H and O–H groups in total. The standard InChI is InChI=1S/C25H30N5O9P/c1-5-25(34)19(31)18(38-23(25)30-12-11-17-20(30)27-24(26)28-21(17)32)13-36-40(35,39-16-9-7-6-8-10-16)29-15(4)22(33)37-14(2)3/h1,6-12,14-15,18-19,23,31,34H,13H2,2-4H3,(H,29,35)(H3,26,27,28,32)/t15?,18?,19?,23?,25-,40?/m1/s1. The topological polar surface area (TPSA) is 200 Å². The number of fused-ring (bicyclic) bond motifs is 1. The number of nitrogen functional groups attached to an aromatic ring is 1. The molecule has 1 aliphatic heterocycles. The summed E-state index contributed by atoms with van der Waals surface area (Å²) in [6, 6.07) is 8.37. The van der Waals surface area contributed by atoms with Gasteiger partial charge in [-0.25, -0.2) is 4.57 Å². The molecule has 0 saturated carbocycles. The van der Waals surface area contributed by atoms with E-state index in [0.717, 1.165) is 0 Å². The zero-order valence-electron chi connectivity index (χ0n) is 21.9. The number of rotatable bonds is 10. The van der Waals surface area contributed by atoms with E-state index in [-0.39, 0.29) is 22.7 Å². The summed E-state index contributed by atoms with van der Waals surface area (Å²) >= 11 is 0. The van der Waals surface area contributed by atoms with Gasteiger partial charge in [-0.1, -0.05) is 24.1 Å². The van der Waals surface area contributed by atoms with Crippen molar-refractivity contribution >= 4 is 30.7 Å². The van der Waals surface area contributed by atoms with Crippen LogP contribution in [0.1, 0.15) is 27.0 Å². The number of terminal acetylenes is 1. The molecule has 1 fully saturated rings. The van der Waals surface area contributed by atoms with Gasteiger partial charge in [0.1, 0.15) is 24.0 Å². The zero-order chi connectivity index (χ0) is 29.2. The maximum atomic E-state index is 13.8. The van der Waals surface area contributed by atoms with Crippen molar-refractivity contribution in [1.82, 2.24) is 19.6 Å². The molecule has 0 aliphatic carbocycles. The van der Waals surface area contributed by atoms with E-state index in [0.29, 0.717) is 0 Å². The van der Waals surface area contributed by atoms with Crippen molar-refractivity contribution in [2.45, 2.75) is 57.0 Å². The van der Waals surface area contributed by atoms with E-state index in [2.05, 4.69) is 21.0 Å². The number of nitrogens with one attached hydrogen (secondary N) is 2. The number of H-pyrrole nitrogens is 1. The third kappa shape index (κ3) is 5.90. The summed E-state index contributed by atoms with van der Waals surface area (Å²) in [7, 11) is -4.31. The molecule has 40 heavy (non-hydrogen) atoms. The summed E-state index contributed by atoms with van der Waals surface area (Å²) in [5.41, 5.74) is 2.88. The zero-order valence-corrected chi connectivity index (χ0v) is 22.8. The van der Waals surface area contributed by atoms with Gasteiger partial charge in [0.05, 0.1) is 18.1 Å². The Balaban J connectivity index is 1.59. The van der Waals surface area contributed by atoms with E-state index in [1.165, 1.54) is 35.9 Å². The molecule has 6 atom stereocenters. The number of aliphatic hydroxyl groups excluding tert-OH is 1. The van der Waals surface area contributed by atoms with Gasteiger partial charge in [-0.2, -0.15) is 10.1 Å². The molecular formula is C25H30N5O9P. The minimum atomic E-state index is -4.31. The van der Waals surface area contributed by atoms with Gasteiger partial charge in [0.15, 0.2) is 17.5 Å². The van der Waals surface area contributed by atoms with Gasteiger partial charge in [0.25, 0.3) is 5.56 Å². The highest BCUT2D eigenvalue weighted by atomic mass is 31.2. The summed E-state index contributed by atoms with van der Waals surface area (Å²) in [4.78, 5) is 31.1. The Morgan fingerprint density at radius 3 is 2.70 bits per heavy atom. The highest BCUT2D eigenvalue weighted by molar-refractivity contribution is 7.52. The van der Waals surface area contributed by atoms with Crippen molar-refractivity contribution in [1.29, 1.82) is 0 Å². The molecule has 0 bridgehead atoms. The van der Waals surface area contributed by atoms with Crippen LogP contribution in [0.4, 0.5) is 5.95 Å². The number of aromatic nitrogens is 3. The molecule has 214 valence electrons. The maximum absolute atomic E-state index is 13.8. The van der Waals surface area contributed by atoms with Crippen molar-refractivity contribution in [3.05, 3.63) is 52.9 Å². The van der Waals surface area contributed by atoms with E-state index in [1.54, 1.807) is 32.0 Å². The lowest BCUT2D eigenvalue weighted by Gasteiger charge is -2.26. The number of nitrogens with two attached hydrogens (primary N) is 1. The van der Waals surface area contributed by atoms with Gasteiger partial charge in [-0.05, 0) is 39.0 Å². The number of anilines is 1. The number of ether oxygens (including phenoxy) is 2. The number of benzene rings is 1. The molecule has 14 nitrogen and oxygen atoms in total. The van der Waals surface area contributed by atoms with Gasteiger partial charge >= 0.3 is 13.7 Å². The molecule has 5 unspecified atom stereocenters. The molecule has 0 amide bonds. The van der Waals surface area contributed by atoms with Crippen LogP contribution in [0.15, 0.2) is 47.4 Å². The maximum Gasteiger partial charge on any atom is 0.459 e. The molecule has 0 radical (unpaired) electrons. The second-order valence-corrected chi connectivity index (χ2v) is 11.1. The van der Waals surface area contributed by atoms with Crippen molar-refractivity contribution in [3.8, 4) is 18.1 Å². The van der Waals surface area contributed by atoms with Crippen LogP contribution < -0.4 is 20.9 Å². The van der Waals surface area contributed by atoms with Crippen LogP contribution in [0.2, 0.25) is 0 Å². The Morgan fingerprint density at radius 1 is 1.35 bits per heavy atom. The van der Waals surface area contributed by atoms with Gasteiger partial charge in [0.2, 0.25) is 5.95 Å². The molecule has 3 heterocycles. The first-order valence-electron chi connectivity index (χ1n) is 12.2. The Kier molecular flexibility index (Phi) is 8.36. The monoisotopic (exact) mass is 575 g/mol. The SMILES string of the molecule is C#C[C@@]1(O)C(O)C(COP(=O)(NC(C)C(=O)OC(C)C)Oc2ccccc2)OC1n1ccc2c(=O)[nH]c(N)nc21. The summed E-state index contributed by atoms with van der Waals surface area (Å²) < 4.78 is 37.2. The number of para-hydroxylation sites is 1. The van der Waals surface area contributed by atoms with Crippen LogP contribution in [-0.4, -0.2) is 67.3 Å². The average molecular weight is 576 g/mol. The number of carbonyl (C=O) groups is 1. The Morgan fingerprint density at radius 2 is 2.05 bits per heavy atom. The molecule has 3 aromatic rings. The Labute approximate surface area is 229 Å². The number of aliphatic hydroxyl groups is 2. The van der Waals surface area contributed by atoms with Crippen LogP contribution >= 0.6 is 7.75 Å². The fourth-order valence-electron chi connectivity index (χ4n) is 4.09. The number of esters is 1. The lowest BCUT2D eigenvalue weighted by atomic mass is 9.95. The second-order valence-electron chi connectivity index (χ2n) is 9.39. The van der Waals surface area contributed by atoms with E-state index >= 15 is 0 Å². The summed E-state index contributed by atoms with van der Waals surface area (Å²) in [5.74, 6) is 1.42. The van der Waals surface area contributed by atoms with Crippen molar-refractivity contribution in [2.24, 2.45) is 0 Å². The highest BCUT2D eigenvalue weighted by Crippen LogP contribution is 2.47. The molecule has 1 aromatic carbocycles. The Hall–Kier alpha value is -3.70. The van der Waals surface area contributed by atoms with Crippen LogP contribution in [0.5, 0.6) is 5.75 Å². The fraction of sp³-hybridized carbons (Fsp3) is 0.400. The number of nitrogens with zero attached hydrogens (tertiary/aromatic N) is 2. The third-order valence-electron chi connectivity index (χ3n) is 6.00. The summed E-state index contributed by atoms with van der Waals surface area (Å²) in [6.07, 6.45) is 2.05. The molecule has 4 rings (SSSR count). The second kappa shape index (κ2) is 11.4. The van der Waals surface area contributed by atoms with Crippen molar-refractivity contribution in [3.63, 3.8) is 0 Å². The summed E-state index contributed by atoms with van der Waals surface area (Å²) in [6.45, 7) is 4.15. The lowest BCUT2D eigenvalue weighted by molar-refractivity contribution is -0.149. The van der Waals surface area contributed by atoms with E-state index in [4.69, 9.17) is 30.7 Å². The Bertz CT molecular complexity index is 1520. The largest absolute Gasteiger partial charge is 0.462 e. The molecule has 1 aliphatic rings. The first-order valence-corrected chi connectivity index (χ1v) is 13.8. The van der Waals surface area contributed by atoms with Gasteiger partial charge in [0, 0.05) is 6.20 Å². The highest BCUT2D eigenvalue weighted by Gasteiger charge is 2.56. The van der Waals surface area contributed by atoms with Crippen molar-refractivity contribution in [2.75, 3.05) is 12.3 Å². The summed E-state index contributed by atoms with van der Waals surface area (Å²) in [5, 5.41) is 24.9. The van der Waals surface area contributed by atoms with Crippen LogP contribution in [0.25, 0.3) is 11.0 Å². The van der Waals surface area contributed by atoms with E-state index in [9.17, 15) is 24.4 Å². The quantitative estimate of drug-likeness (QED) is 0.131. The van der Waals surface area contributed by atoms with Gasteiger partial charge < -0.3 is 34.5 Å². The average Bonchev–Trinajstić information content (AvgIpc) is 3.42. The van der Waals surface area contributed by atoms with Crippen molar-refractivity contribution < 1.29 is 38.1 Å². The van der Waals surface area contributed by atoms with Crippen LogP contribution in [-0.2, 0) is 23.4 Å². The predicted octanol–water partition coefficient (Wildman–Crippen LogP) is 1.06. The van der Waals surface area contributed by atoms with E-state index in [1.807, 2.05) is 0 Å². The number of aromatic amines is 1.